The second-order valence-corrected chi connectivity index (χ2v) is 4.57. The van der Waals surface area contributed by atoms with Crippen LogP contribution in [0.25, 0.3) is 11.2 Å². The Morgan fingerprint density at radius 1 is 1.47 bits per heavy atom. The number of aliphatic hydroxyl groups excluding tert-OH is 1. The molecule has 2 aromatic heterocycles. The van der Waals surface area contributed by atoms with Gasteiger partial charge in [-0.2, -0.15) is 0 Å². The highest BCUT2D eigenvalue weighted by molar-refractivity contribution is 5.68. The zero-order valence-corrected chi connectivity index (χ0v) is 9.33. The van der Waals surface area contributed by atoms with E-state index in [1.807, 2.05) is 4.57 Å². The molecule has 1 aliphatic carbocycles. The van der Waals surface area contributed by atoms with Crippen LogP contribution in [0.3, 0.4) is 0 Å². The van der Waals surface area contributed by atoms with Crippen molar-refractivity contribution < 1.29 is 5.11 Å². The third-order valence-electron chi connectivity index (χ3n) is 3.53. The Balaban J connectivity index is 2.02. The molecule has 0 amide bonds. The van der Waals surface area contributed by atoms with Gasteiger partial charge in [-0.1, -0.05) is 0 Å². The lowest BCUT2D eigenvalue weighted by atomic mass is 10.1. The number of nitrogens with zero attached hydrogens (tertiary/aromatic N) is 3. The molecule has 0 aromatic carbocycles. The molecule has 0 aliphatic heterocycles. The van der Waals surface area contributed by atoms with E-state index in [-0.39, 0.29) is 12.2 Å². The fraction of sp³-hybridized carbons (Fsp3) is 0.545. The standard InChI is InChI=1S/C11H14N4O2/c16-4-7-1-2-8(3-7)15-6-14-9-10(15)12-5-13-11(9)17/h5-8,16H,1-4H2,(H,12,13,17)/t7-,8+/m0/s1. The number of fused-ring (bicyclic) bond motifs is 1. The zero-order chi connectivity index (χ0) is 11.8. The molecule has 3 rings (SSSR count). The second-order valence-electron chi connectivity index (χ2n) is 4.57. The quantitative estimate of drug-likeness (QED) is 0.790. The Morgan fingerprint density at radius 3 is 3.12 bits per heavy atom. The monoisotopic (exact) mass is 234 g/mol. The number of H-pyrrole nitrogens is 1. The highest BCUT2D eigenvalue weighted by Crippen LogP contribution is 2.35. The van der Waals surface area contributed by atoms with Crippen molar-refractivity contribution in [2.45, 2.75) is 25.3 Å². The molecule has 1 aliphatic rings. The Kier molecular flexibility index (Phi) is 2.44. The highest BCUT2D eigenvalue weighted by Gasteiger charge is 2.26. The van der Waals surface area contributed by atoms with E-state index in [9.17, 15) is 4.79 Å². The smallest absolute Gasteiger partial charge is 0.278 e. The van der Waals surface area contributed by atoms with E-state index in [2.05, 4.69) is 15.0 Å². The molecule has 90 valence electrons. The Bertz CT molecular complexity index is 588. The van der Waals surface area contributed by atoms with Gasteiger partial charge in [0.15, 0.2) is 11.2 Å². The average molecular weight is 234 g/mol. The molecule has 17 heavy (non-hydrogen) atoms. The van der Waals surface area contributed by atoms with Gasteiger partial charge in [-0.15, -0.1) is 0 Å². The Morgan fingerprint density at radius 2 is 2.35 bits per heavy atom. The molecule has 6 heteroatoms. The molecule has 1 fully saturated rings. The summed E-state index contributed by atoms with van der Waals surface area (Å²) in [5.74, 6) is 0.361. The lowest BCUT2D eigenvalue weighted by Crippen LogP contribution is -2.10. The van der Waals surface area contributed by atoms with Gasteiger partial charge in [-0.3, -0.25) is 4.79 Å². The molecule has 1 saturated carbocycles. The third-order valence-corrected chi connectivity index (χ3v) is 3.53. The van der Waals surface area contributed by atoms with E-state index in [1.54, 1.807) is 6.33 Å². The minimum atomic E-state index is -0.203. The molecule has 0 spiro atoms. The maximum absolute atomic E-state index is 11.5. The minimum Gasteiger partial charge on any atom is -0.396 e. The fourth-order valence-electron chi connectivity index (χ4n) is 2.60. The first-order chi connectivity index (χ1) is 8.29. The normalized spacial score (nSPS) is 24.5. The largest absolute Gasteiger partial charge is 0.396 e. The third kappa shape index (κ3) is 1.64. The number of nitrogens with one attached hydrogen (secondary N) is 1. The Labute approximate surface area is 97.3 Å². The van der Waals surface area contributed by atoms with E-state index in [0.29, 0.717) is 23.1 Å². The number of aromatic amines is 1. The summed E-state index contributed by atoms with van der Waals surface area (Å²) in [4.78, 5) is 22.3. The van der Waals surface area contributed by atoms with Crippen LogP contribution in [-0.4, -0.2) is 31.2 Å². The van der Waals surface area contributed by atoms with Crippen molar-refractivity contribution in [3.63, 3.8) is 0 Å². The molecule has 2 N–H and O–H groups in total. The summed E-state index contributed by atoms with van der Waals surface area (Å²) in [6.07, 6.45) is 6.03. The summed E-state index contributed by atoms with van der Waals surface area (Å²) in [5, 5.41) is 9.14. The first kappa shape index (κ1) is 10.5. The number of hydrogen-bond donors (Lipinski definition) is 2. The van der Waals surface area contributed by atoms with Crippen LogP contribution < -0.4 is 5.56 Å². The lowest BCUT2D eigenvalue weighted by molar-refractivity contribution is 0.226. The summed E-state index contributed by atoms with van der Waals surface area (Å²) in [6.45, 7) is 0.233. The predicted octanol–water partition coefficient (Wildman–Crippen LogP) is 0.453. The van der Waals surface area contributed by atoms with Crippen molar-refractivity contribution in [1.29, 1.82) is 0 Å². The van der Waals surface area contributed by atoms with Gasteiger partial charge in [0.05, 0.1) is 12.7 Å². The van der Waals surface area contributed by atoms with E-state index in [1.165, 1.54) is 6.33 Å². The molecular formula is C11H14N4O2. The first-order valence-electron chi connectivity index (χ1n) is 5.80. The molecule has 2 aromatic rings. The van der Waals surface area contributed by atoms with E-state index in [4.69, 9.17) is 5.11 Å². The SMILES string of the molecule is O=c1[nH]cnc2c1ncn2[C@@H]1CC[C@H](CO)C1. The van der Waals surface area contributed by atoms with E-state index >= 15 is 0 Å². The summed E-state index contributed by atoms with van der Waals surface area (Å²) < 4.78 is 1.96. The fourth-order valence-corrected chi connectivity index (χ4v) is 2.60. The van der Waals surface area contributed by atoms with Crippen molar-refractivity contribution >= 4 is 11.2 Å². The van der Waals surface area contributed by atoms with Gasteiger partial charge in [-0.05, 0) is 25.2 Å². The minimum absolute atomic E-state index is 0.203. The van der Waals surface area contributed by atoms with Gasteiger partial charge in [0.1, 0.15) is 0 Å². The van der Waals surface area contributed by atoms with Crippen molar-refractivity contribution in [1.82, 2.24) is 19.5 Å². The van der Waals surface area contributed by atoms with Crippen molar-refractivity contribution in [2.24, 2.45) is 5.92 Å². The van der Waals surface area contributed by atoms with Crippen LogP contribution in [0.15, 0.2) is 17.4 Å². The van der Waals surface area contributed by atoms with Crippen LogP contribution in [-0.2, 0) is 0 Å². The maximum Gasteiger partial charge on any atom is 0.278 e. The van der Waals surface area contributed by atoms with E-state index < -0.39 is 0 Å². The van der Waals surface area contributed by atoms with Crippen LogP contribution >= 0.6 is 0 Å². The second kappa shape index (κ2) is 3.96. The van der Waals surface area contributed by atoms with Crippen LogP contribution in [0, 0.1) is 5.92 Å². The molecule has 2 heterocycles. The zero-order valence-electron chi connectivity index (χ0n) is 9.33. The molecule has 0 radical (unpaired) electrons. The van der Waals surface area contributed by atoms with Crippen LogP contribution in [0.5, 0.6) is 0 Å². The van der Waals surface area contributed by atoms with Crippen molar-refractivity contribution in [2.75, 3.05) is 6.61 Å². The van der Waals surface area contributed by atoms with Crippen LogP contribution in [0.4, 0.5) is 0 Å². The van der Waals surface area contributed by atoms with Gasteiger partial charge < -0.3 is 14.7 Å². The number of aliphatic hydroxyl groups is 1. The summed E-state index contributed by atoms with van der Waals surface area (Å²) >= 11 is 0. The van der Waals surface area contributed by atoms with Crippen molar-refractivity contribution in [3.05, 3.63) is 23.0 Å². The summed E-state index contributed by atoms with van der Waals surface area (Å²) in [6, 6.07) is 0.298. The summed E-state index contributed by atoms with van der Waals surface area (Å²) in [5.41, 5.74) is 0.822. The number of hydrogen-bond acceptors (Lipinski definition) is 4. The maximum atomic E-state index is 11.5. The van der Waals surface area contributed by atoms with Gasteiger partial charge in [0.25, 0.3) is 5.56 Å². The molecule has 6 nitrogen and oxygen atoms in total. The Hall–Kier alpha value is -1.69. The first-order valence-corrected chi connectivity index (χ1v) is 5.80. The molecular weight excluding hydrogens is 220 g/mol. The predicted molar refractivity (Wildman–Crippen MR) is 61.6 cm³/mol. The highest BCUT2D eigenvalue weighted by atomic mass is 16.3. The topological polar surface area (TPSA) is 83.8 Å². The number of imidazole rings is 1. The van der Waals surface area contributed by atoms with Gasteiger partial charge in [-0.25, -0.2) is 9.97 Å². The van der Waals surface area contributed by atoms with Crippen molar-refractivity contribution in [3.8, 4) is 0 Å². The molecule has 0 bridgehead atoms. The van der Waals surface area contributed by atoms with Gasteiger partial charge in [0.2, 0.25) is 0 Å². The van der Waals surface area contributed by atoms with Gasteiger partial charge in [0, 0.05) is 12.6 Å². The molecule has 0 saturated heterocycles. The van der Waals surface area contributed by atoms with Gasteiger partial charge >= 0.3 is 0 Å². The number of aromatic nitrogens is 4. The molecule has 2 atom stereocenters. The van der Waals surface area contributed by atoms with E-state index in [0.717, 1.165) is 19.3 Å². The summed E-state index contributed by atoms with van der Waals surface area (Å²) in [7, 11) is 0. The average Bonchev–Trinajstić information content (AvgIpc) is 2.94. The molecule has 0 unspecified atom stereocenters. The van der Waals surface area contributed by atoms with Crippen LogP contribution in [0.2, 0.25) is 0 Å². The lowest BCUT2D eigenvalue weighted by Gasteiger charge is -2.12. The number of rotatable bonds is 2. The van der Waals surface area contributed by atoms with Crippen LogP contribution in [0.1, 0.15) is 25.3 Å².